The summed E-state index contributed by atoms with van der Waals surface area (Å²) in [5, 5.41) is 7.69. The Hall–Kier alpha value is -3.18. The van der Waals surface area contributed by atoms with Crippen molar-refractivity contribution in [2.75, 3.05) is 10.6 Å². The molecule has 0 aliphatic rings. The maximum Gasteiger partial charge on any atom is 0.224 e. The van der Waals surface area contributed by atoms with Crippen molar-refractivity contribution in [3.05, 3.63) is 71.2 Å². The number of hydrogen-bond acceptors (Lipinski definition) is 3. The van der Waals surface area contributed by atoms with Gasteiger partial charge in [0, 0.05) is 31.0 Å². The molecule has 0 heterocycles. The van der Waals surface area contributed by atoms with Crippen LogP contribution >= 0.6 is 11.6 Å². The van der Waals surface area contributed by atoms with E-state index in [0.29, 0.717) is 22.0 Å². The van der Waals surface area contributed by atoms with E-state index in [0.717, 1.165) is 10.8 Å². The van der Waals surface area contributed by atoms with Crippen molar-refractivity contribution in [2.24, 2.45) is 0 Å². The average Bonchev–Trinajstić information content (AvgIpc) is 2.67. The third-order valence-electron chi connectivity index (χ3n) is 4.21. The summed E-state index contributed by atoms with van der Waals surface area (Å²) in [4.78, 5) is 35.7. The van der Waals surface area contributed by atoms with Gasteiger partial charge in [-0.15, -0.1) is 0 Å². The molecule has 2 N–H and O–H groups in total. The Morgan fingerprint density at radius 2 is 1.61 bits per heavy atom. The van der Waals surface area contributed by atoms with Gasteiger partial charge in [-0.05, 0) is 35.0 Å². The van der Waals surface area contributed by atoms with E-state index in [-0.39, 0.29) is 30.4 Å². The number of benzene rings is 3. The van der Waals surface area contributed by atoms with Crippen LogP contribution in [0, 0.1) is 0 Å². The predicted molar refractivity (Wildman–Crippen MR) is 112 cm³/mol. The summed E-state index contributed by atoms with van der Waals surface area (Å²) in [6, 6.07) is 18.1. The van der Waals surface area contributed by atoms with Crippen molar-refractivity contribution >= 4 is 51.3 Å². The van der Waals surface area contributed by atoms with Crippen LogP contribution in [-0.4, -0.2) is 17.6 Å². The molecule has 0 unspecified atom stereocenters. The van der Waals surface area contributed by atoms with Gasteiger partial charge < -0.3 is 10.6 Å². The van der Waals surface area contributed by atoms with E-state index < -0.39 is 0 Å². The van der Waals surface area contributed by atoms with Gasteiger partial charge in [-0.25, -0.2) is 0 Å². The second-order valence-electron chi connectivity index (χ2n) is 6.41. The highest BCUT2D eigenvalue weighted by atomic mass is 35.5. The van der Waals surface area contributed by atoms with Gasteiger partial charge in [-0.1, -0.05) is 48.0 Å². The minimum Gasteiger partial charge on any atom is -0.326 e. The number of hydrogen-bond donors (Lipinski definition) is 2. The van der Waals surface area contributed by atoms with Crippen molar-refractivity contribution in [1.29, 1.82) is 0 Å². The fraction of sp³-hybridized carbons (Fsp3) is 0.136. The van der Waals surface area contributed by atoms with Crippen LogP contribution in [-0.2, 0) is 9.59 Å². The number of nitrogens with one attached hydrogen (secondary N) is 2. The molecule has 28 heavy (non-hydrogen) atoms. The van der Waals surface area contributed by atoms with Crippen LogP contribution in [0.2, 0.25) is 5.02 Å². The van der Waals surface area contributed by atoms with E-state index in [1.807, 2.05) is 36.4 Å². The van der Waals surface area contributed by atoms with Gasteiger partial charge in [0.05, 0.1) is 10.7 Å². The number of ketones is 1. The minimum absolute atomic E-state index is 0.0662. The molecule has 3 aromatic carbocycles. The molecule has 5 nitrogen and oxygen atoms in total. The van der Waals surface area contributed by atoms with E-state index in [4.69, 9.17) is 11.6 Å². The zero-order valence-corrected chi connectivity index (χ0v) is 16.0. The molecule has 3 aromatic rings. The third kappa shape index (κ3) is 4.96. The SMILES string of the molecule is CC(=O)Nc1ccc(NC(=O)CCC(=O)c2ccc3ccccc3c2)cc1Cl. The average molecular weight is 395 g/mol. The van der Waals surface area contributed by atoms with Crippen LogP contribution < -0.4 is 10.6 Å². The minimum atomic E-state index is -0.280. The van der Waals surface area contributed by atoms with Gasteiger partial charge in [-0.2, -0.15) is 0 Å². The molecule has 0 atom stereocenters. The molecule has 0 aliphatic heterocycles. The fourth-order valence-corrected chi connectivity index (χ4v) is 3.07. The van der Waals surface area contributed by atoms with Crippen LogP contribution in [0.1, 0.15) is 30.1 Å². The van der Waals surface area contributed by atoms with Crippen molar-refractivity contribution in [1.82, 2.24) is 0 Å². The molecule has 0 fully saturated rings. The molecule has 6 heteroatoms. The zero-order chi connectivity index (χ0) is 20.1. The molecule has 0 saturated heterocycles. The summed E-state index contributed by atoms with van der Waals surface area (Å²) in [5.41, 5.74) is 1.56. The summed E-state index contributed by atoms with van der Waals surface area (Å²) in [7, 11) is 0. The molecule has 142 valence electrons. The van der Waals surface area contributed by atoms with Crippen LogP contribution in [0.4, 0.5) is 11.4 Å². The predicted octanol–water partition coefficient (Wildman–Crippen LogP) is 5.05. The van der Waals surface area contributed by atoms with Gasteiger partial charge >= 0.3 is 0 Å². The highest BCUT2D eigenvalue weighted by Gasteiger charge is 2.11. The molecule has 0 bridgehead atoms. The van der Waals surface area contributed by atoms with Crippen LogP contribution in [0.25, 0.3) is 10.8 Å². The summed E-state index contributed by atoms with van der Waals surface area (Å²) in [6.45, 7) is 1.39. The fourth-order valence-electron chi connectivity index (χ4n) is 2.84. The third-order valence-corrected chi connectivity index (χ3v) is 4.53. The molecule has 0 spiro atoms. The molecule has 0 radical (unpaired) electrons. The lowest BCUT2D eigenvalue weighted by Gasteiger charge is -2.09. The maximum absolute atomic E-state index is 12.4. The molecule has 0 saturated carbocycles. The molecular weight excluding hydrogens is 376 g/mol. The Morgan fingerprint density at radius 1 is 0.857 bits per heavy atom. The standard InChI is InChI=1S/C22H19ClN2O3/c1-14(26)24-20-9-8-18(13-19(20)23)25-22(28)11-10-21(27)17-7-6-15-4-2-3-5-16(15)12-17/h2-9,12-13H,10-11H2,1H3,(H,24,26)(H,25,28). The van der Waals surface area contributed by atoms with E-state index in [9.17, 15) is 14.4 Å². The second-order valence-corrected chi connectivity index (χ2v) is 6.82. The summed E-state index contributed by atoms with van der Waals surface area (Å²) < 4.78 is 0. The summed E-state index contributed by atoms with van der Waals surface area (Å²) in [5.74, 6) is -0.594. The van der Waals surface area contributed by atoms with E-state index in [1.165, 1.54) is 6.92 Å². The summed E-state index contributed by atoms with van der Waals surface area (Å²) in [6.07, 6.45) is 0.179. The number of halogens is 1. The Morgan fingerprint density at radius 3 is 2.32 bits per heavy atom. The van der Waals surface area contributed by atoms with Crippen LogP contribution in [0.5, 0.6) is 0 Å². The number of carbonyl (C=O) groups is 3. The van der Waals surface area contributed by atoms with E-state index >= 15 is 0 Å². The quantitative estimate of drug-likeness (QED) is 0.574. The Kier molecular flexibility index (Phi) is 6.06. The van der Waals surface area contributed by atoms with Crippen molar-refractivity contribution in [2.45, 2.75) is 19.8 Å². The molecule has 2 amide bonds. The first-order chi connectivity index (χ1) is 13.4. The van der Waals surface area contributed by atoms with Crippen molar-refractivity contribution < 1.29 is 14.4 Å². The highest BCUT2D eigenvalue weighted by molar-refractivity contribution is 6.34. The lowest BCUT2D eigenvalue weighted by molar-refractivity contribution is -0.116. The van der Waals surface area contributed by atoms with Gasteiger partial charge in [0.1, 0.15) is 0 Å². The smallest absolute Gasteiger partial charge is 0.224 e. The van der Waals surface area contributed by atoms with Gasteiger partial charge in [0.25, 0.3) is 0 Å². The van der Waals surface area contributed by atoms with Crippen molar-refractivity contribution in [3.63, 3.8) is 0 Å². The Balaban J connectivity index is 1.58. The number of anilines is 2. The number of Topliss-reactive ketones (excluding diaryl/α,β-unsaturated/α-hetero) is 1. The first kappa shape index (κ1) is 19.6. The Labute approximate surface area is 167 Å². The first-order valence-corrected chi connectivity index (χ1v) is 9.19. The number of rotatable bonds is 6. The number of amides is 2. The van der Waals surface area contributed by atoms with Crippen LogP contribution in [0.3, 0.4) is 0 Å². The van der Waals surface area contributed by atoms with Gasteiger partial charge in [-0.3, -0.25) is 14.4 Å². The maximum atomic E-state index is 12.4. The van der Waals surface area contributed by atoms with E-state index in [2.05, 4.69) is 10.6 Å². The molecule has 0 aliphatic carbocycles. The first-order valence-electron chi connectivity index (χ1n) is 8.81. The van der Waals surface area contributed by atoms with Crippen LogP contribution in [0.15, 0.2) is 60.7 Å². The monoisotopic (exact) mass is 394 g/mol. The largest absolute Gasteiger partial charge is 0.326 e. The van der Waals surface area contributed by atoms with Gasteiger partial charge in [0.2, 0.25) is 11.8 Å². The molecule has 0 aromatic heterocycles. The summed E-state index contributed by atoms with van der Waals surface area (Å²) >= 11 is 6.09. The van der Waals surface area contributed by atoms with E-state index in [1.54, 1.807) is 24.3 Å². The number of fused-ring (bicyclic) bond motifs is 1. The number of carbonyl (C=O) groups excluding carboxylic acids is 3. The van der Waals surface area contributed by atoms with Gasteiger partial charge in [0.15, 0.2) is 5.78 Å². The lowest BCUT2D eigenvalue weighted by atomic mass is 10.0. The lowest BCUT2D eigenvalue weighted by Crippen LogP contribution is -2.14. The molecule has 3 rings (SSSR count). The topological polar surface area (TPSA) is 75.3 Å². The molecular formula is C22H19ClN2O3. The van der Waals surface area contributed by atoms with Crippen molar-refractivity contribution in [3.8, 4) is 0 Å². The second kappa shape index (κ2) is 8.67. The normalized spacial score (nSPS) is 10.5. The Bertz CT molecular complexity index is 1060. The zero-order valence-electron chi connectivity index (χ0n) is 15.3. The highest BCUT2D eigenvalue weighted by Crippen LogP contribution is 2.25.